The molecule has 1 unspecified atom stereocenters. The third-order valence-electron chi connectivity index (χ3n) is 3.27. The predicted octanol–water partition coefficient (Wildman–Crippen LogP) is 1.97. The van der Waals surface area contributed by atoms with Crippen LogP contribution in [0.1, 0.15) is 31.1 Å². The highest BCUT2D eigenvalue weighted by Gasteiger charge is 2.21. The van der Waals surface area contributed by atoms with Crippen molar-refractivity contribution in [3.8, 4) is 0 Å². The van der Waals surface area contributed by atoms with Crippen molar-refractivity contribution in [3.63, 3.8) is 0 Å². The molecule has 1 fully saturated rings. The van der Waals surface area contributed by atoms with E-state index >= 15 is 0 Å². The maximum Gasteiger partial charge on any atom is 0.118 e. The van der Waals surface area contributed by atoms with E-state index in [1.165, 1.54) is 25.9 Å². The fourth-order valence-electron chi connectivity index (χ4n) is 2.23. The highest BCUT2D eigenvalue weighted by atomic mass is 16.3. The van der Waals surface area contributed by atoms with Crippen LogP contribution in [0.3, 0.4) is 0 Å². The number of rotatable bonds is 4. The van der Waals surface area contributed by atoms with Crippen molar-refractivity contribution in [1.82, 2.24) is 4.90 Å². The van der Waals surface area contributed by atoms with Gasteiger partial charge in [0.2, 0.25) is 0 Å². The van der Waals surface area contributed by atoms with Gasteiger partial charge in [0.25, 0.3) is 0 Å². The van der Waals surface area contributed by atoms with Crippen LogP contribution < -0.4 is 5.73 Å². The summed E-state index contributed by atoms with van der Waals surface area (Å²) >= 11 is 0. The van der Waals surface area contributed by atoms with Crippen LogP contribution in [0.4, 0.5) is 0 Å². The molecule has 1 saturated heterocycles. The van der Waals surface area contributed by atoms with Gasteiger partial charge in [-0.2, -0.15) is 0 Å². The van der Waals surface area contributed by atoms with Gasteiger partial charge < -0.3 is 10.2 Å². The predicted molar refractivity (Wildman–Crippen MR) is 60.3 cm³/mol. The highest BCUT2D eigenvalue weighted by molar-refractivity contribution is 5.12. The second kappa shape index (κ2) is 4.81. The fraction of sp³-hybridized carbons (Fsp3) is 0.667. The molecule has 1 aromatic rings. The van der Waals surface area contributed by atoms with Crippen molar-refractivity contribution in [2.45, 2.75) is 32.9 Å². The van der Waals surface area contributed by atoms with Crippen LogP contribution in [0, 0.1) is 5.92 Å². The summed E-state index contributed by atoms with van der Waals surface area (Å²) in [7, 11) is 0. The van der Waals surface area contributed by atoms with Crippen LogP contribution in [-0.4, -0.2) is 18.0 Å². The molecule has 0 amide bonds. The van der Waals surface area contributed by atoms with Gasteiger partial charge in [0.1, 0.15) is 5.76 Å². The number of hydrogen-bond acceptors (Lipinski definition) is 3. The number of likely N-dealkylation sites (tertiary alicyclic amines) is 1. The summed E-state index contributed by atoms with van der Waals surface area (Å²) in [4.78, 5) is 2.47. The Hall–Kier alpha value is -0.800. The smallest absolute Gasteiger partial charge is 0.118 e. The minimum Gasteiger partial charge on any atom is -0.468 e. The molecular weight excluding hydrogens is 188 g/mol. The minimum atomic E-state index is 0.571. The Morgan fingerprint density at radius 2 is 2.47 bits per heavy atom. The summed E-state index contributed by atoms with van der Waals surface area (Å²) in [5.41, 5.74) is 6.64. The zero-order chi connectivity index (χ0) is 10.7. The Balaban J connectivity index is 1.87. The minimum absolute atomic E-state index is 0.571. The van der Waals surface area contributed by atoms with Crippen LogP contribution in [-0.2, 0) is 13.1 Å². The van der Waals surface area contributed by atoms with Crippen molar-refractivity contribution in [2.75, 3.05) is 13.1 Å². The monoisotopic (exact) mass is 208 g/mol. The van der Waals surface area contributed by atoms with Gasteiger partial charge in [0.05, 0.1) is 12.8 Å². The molecule has 3 nitrogen and oxygen atoms in total. The molecule has 3 heteroatoms. The van der Waals surface area contributed by atoms with Crippen molar-refractivity contribution in [3.05, 3.63) is 23.7 Å². The first-order valence-electron chi connectivity index (χ1n) is 5.80. The van der Waals surface area contributed by atoms with E-state index in [1.807, 2.05) is 0 Å². The summed E-state index contributed by atoms with van der Waals surface area (Å²) in [6, 6.07) is 2.07. The first-order chi connectivity index (χ1) is 7.31. The number of furan rings is 1. The molecule has 0 aromatic carbocycles. The molecule has 2 N–H and O–H groups in total. The molecule has 2 heterocycles. The molecule has 1 atom stereocenters. The Labute approximate surface area is 91.2 Å². The number of nitrogens with two attached hydrogens (primary N) is 1. The molecule has 0 aliphatic carbocycles. The Bertz CT molecular complexity index is 308. The summed E-state index contributed by atoms with van der Waals surface area (Å²) in [6.07, 6.45) is 4.40. The quantitative estimate of drug-likeness (QED) is 0.822. The fourth-order valence-corrected chi connectivity index (χ4v) is 2.23. The van der Waals surface area contributed by atoms with Crippen molar-refractivity contribution in [1.29, 1.82) is 0 Å². The molecule has 0 spiro atoms. The van der Waals surface area contributed by atoms with Gasteiger partial charge >= 0.3 is 0 Å². The van der Waals surface area contributed by atoms with Crippen molar-refractivity contribution in [2.24, 2.45) is 11.7 Å². The van der Waals surface area contributed by atoms with E-state index in [-0.39, 0.29) is 0 Å². The van der Waals surface area contributed by atoms with Crippen LogP contribution in [0.2, 0.25) is 0 Å². The molecule has 1 aliphatic heterocycles. The lowest BCUT2D eigenvalue weighted by molar-refractivity contribution is 0.285. The number of nitrogens with zero attached hydrogens (tertiary/aromatic N) is 1. The average molecular weight is 208 g/mol. The average Bonchev–Trinajstić information content (AvgIpc) is 2.87. The summed E-state index contributed by atoms with van der Waals surface area (Å²) in [5, 5.41) is 0. The zero-order valence-corrected chi connectivity index (χ0v) is 9.41. The van der Waals surface area contributed by atoms with Gasteiger partial charge in [-0.3, -0.25) is 4.90 Å². The second-order valence-corrected chi connectivity index (χ2v) is 4.42. The maximum atomic E-state index is 5.54. The van der Waals surface area contributed by atoms with Gasteiger partial charge in [-0.1, -0.05) is 13.3 Å². The molecule has 0 radical (unpaired) electrons. The van der Waals surface area contributed by atoms with Crippen LogP contribution in [0.15, 0.2) is 16.7 Å². The van der Waals surface area contributed by atoms with E-state index < -0.39 is 0 Å². The topological polar surface area (TPSA) is 42.4 Å². The molecule has 0 saturated carbocycles. The highest BCUT2D eigenvalue weighted by Crippen LogP contribution is 2.21. The van der Waals surface area contributed by atoms with Crippen LogP contribution in [0.5, 0.6) is 0 Å². The lowest BCUT2D eigenvalue weighted by Gasteiger charge is -2.13. The first-order valence-corrected chi connectivity index (χ1v) is 5.80. The Morgan fingerprint density at radius 1 is 1.60 bits per heavy atom. The lowest BCUT2D eigenvalue weighted by Crippen LogP contribution is -2.19. The van der Waals surface area contributed by atoms with Gasteiger partial charge in [0.15, 0.2) is 0 Å². The molecule has 15 heavy (non-hydrogen) atoms. The summed E-state index contributed by atoms with van der Waals surface area (Å²) < 4.78 is 5.46. The molecule has 0 bridgehead atoms. The van der Waals surface area contributed by atoms with Gasteiger partial charge in [0, 0.05) is 18.7 Å². The summed E-state index contributed by atoms with van der Waals surface area (Å²) in [5.74, 6) is 1.93. The Morgan fingerprint density at radius 3 is 3.07 bits per heavy atom. The van der Waals surface area contributed by atoms with Crippen LogP contribution >= 0.6 is 0 Å². The lowest BCUT2D eigenvalue weighted by atomic mass is 10.1. The zero-order valence-electron chi connectivity index (χ0n) is 9.41. The van der Waals surface area contributed by atoms with Gasteiger partial charge in [-0.25, -0.2) is 0 Å². The van der Waals surface area contributed by atoms with Crippen molar-refractivity contribution < 1.29 is 4.42 Å². The molecule has 1 aromatic heterocycles. The van der Waals surface area contributed by atoms with E-state index in [9.17, 15) is 0 Å². The second-order valence-electron chi connectivity index (χ2n) is 4.42. The largest absolute Gasteiger partial charge is 0.468 e. The molecule has 84 valence electrons. The van der Waals surface area contributed by atoms with Crippen LogP contribution in [0.25, 0.3) is 0 Å². The molecule has 1 aliphatic rings. The van der Waals surface area contributed by atoms with E-state index in [0.29, 0.717) is 6.54 Å². The van der Waals surface area contributed by atoms with Gasteiger partial charge in [-0.15, -0.1) is 0 Å². The van der Waals surface area contributed by atoms with Gasteiger partial charge in [-0.05, 0) is 24.9 Å². The Kier molecular flexibility index (Phi) is 3.44. The first kappa shape index (κ1) is 10.7. The van der Waals surface area contributed by atoms with E-state index in [4.69, 9.17) is 10.2 Å². The third-order valence-corrected chi connectivity index (χ3v) is 3.27. The van der Waals surface area contributed by atoms with Crippen molar-refractivity contribution >= 4 is 0 Å². The molecule has 2 rings (SSSR count). The maximum absolute atomic E-state index is 5.54. The standard InChI is InChI=1S/C12H20N2O/c1-2-10-3-4-14(7-10)8-12-5-11(6-13)9-15-12/h5,9-10H,2-4,6-8,13H2,1H3. The van der Waals surface area contributed by atoms with E-state index in [2.05, 4.69) is 17.9 Å². The molecular formula is C12H20N2O. The SMILES string of the molecule is CCC1CCN(Cc2cc(CN)co2)C1. The normalized spacial score (nSPS) is 22.4. The number of hydrogen-bond donors (Lipinski definition) is 1. The summed E-state index contributed by atoms with van der Waals surface area (Å²) in [6.45, 7) is 6.21. The third kappa shape index (κ3) is 2.61. The van der Waals surface area contributed by atoms with E-state index in [0.717, 1.165) is 23.8 Å². The van der Waals surface area contributed by atoms with E-state index in [1.54, 1.807) is 6.26 Å².